The molecule has 0 saturated heterocycles. The van der Waals surface area contributed by atoms with Gasteiger partial charge in [-0.3, -0.25) is 10.00 Å². The predicted octanol–water partition coefficient (Wildman–Crippen LogP) is 1.39. The number of urea groups is 1. The Balaban J connectivity index is 1.81. The fourth-order valence-corrected chi connectivity index (χ4v) is 2.59. The highest BCUT2D eigenvalue weighted by molar-refractivity contribution is 5.88. The smallest absolute Gasteiger partial charge is 0.320 e. The number of rotatable bonds is 5. The largest absolute Gasteiger partial charge is 0.393 e. The van der Waals surface area contributed by atoms with E-state index in [0.717, 1.165) is 25.0 Å². The summed E-state index contributed by atoms with van der Waals surface area (Å²) in [5.41, 5.74) is 0.895. The molecule has 2 rings (SSSR count). The Labute approximate surface area is 123 Å². The zero-order valence-electron chi connectivity index (χ0n) is 12.2. The topological polar surface area (TPSA) is 103 Å². The van der Waals surface area contributed by atoms with Crippen LogP contribution in [0.4, 0.5) is 10.6 Å². The van der Waals surface area contributed by atoms with Gasteiger partial charge in [0.05, 0.1) is 25.1 Å². The van der Waals surface area contributed by atoms with Crippen LogP contribution in [-0.2, 0) is 6.54 Å². The maximum Gasteiger partial charge on any atom is 0.320 e. The molecule has 1 aliphatic carbocycles. The number of anilines is 1. The first-order valence-corrected chi connectivity index (χ1v) is 7.24. The third kappa shape index (κ3) is 4.20. The molecule has 0 aromatic carbocycles. The Morgan fingerprint density at radius 1 is 1.62 bits per heavy atom. The summed E-state index contributed by atoms with van der Waals surface area (Å²) in [6.45, 7) is 2.86. The highest BCUT2D eigenvalue weighted by Crippen LogP contribution is 2.24. The van der Waals surface area contributed by atoms with Gasteiger partial charge >= 0.3 is 6.03 Å². The molecule has 1 aliphatic rings. The number of nitrogens with zero attached hydrogens (tertiary/aromatic N) is 3. The lowest BCUT2D eigenvalue weighted by Crippen LogP contribution is -2.35. The number of amides is 2. The third-order valence-corrected chi connectivity index (χ3v) is 3.80. The van der Waals surface area contributed by atoms with Crippen LogP contribution in [0.5, 0.6) is 0 Å². The average Bonchev–Trinajstić information content (AvgIpc) is 3.00. The fraction of sp³-hybridized carbons (Fsp3) is 0.643. The number of nitriles is 1. The van der Waals surface area contributed by atoms with Gasteiger partial charge in [0.2, 0.25) is 0 Å². The van der Waals surface area contributed by atoms with Crippen molar-refractivity contribution in [1.82, 2.24) is 15.1 Å². The van der Waals surface area contributed by atoms with Gasteiger partial charge in [0, 0.05) is 24.2 Å². The van der Waals surface area contributed by atoms with Crippen molar-refractivity contribution in [3.05, 3.63) is 11.8 Å². The summed E-state index contributed by atoms with van der Waals surface area (Å²) >= 11 is 0. The van der Waals surface area contributed by atoms with Crippen LogP contribution in [0.25, 0.3) is 0 Å². The lowest BCUT2D eigenvalue weighted by atomic mass is 10.1. The molecule has 3 N–H and O–H groups in total. The van der Waals surface area contributed by atoms with E-state index in [1.165, 1.54) is 0 Å². The van der Waals surface area contributed by atoms with Crippen molar-refractivity contribution in [2.24, 2.45) is 5.92 Å². The maximum absolute atomic E-state index is 11.8. The molecule has 1 aromatic heterocycles. The molecule has 0 bridgehead atoms. The number of carbonyl (C=O) groups excluding carboxylic acids is 1. The number of aryl methyl sites for hydroxylation is 2. The Hall–Kier alpha value is -2.07. The first kappa shape index (κ1) is 15.3. The molecule has 1 saturated carbocycles. The van der Waals surface area contributed by atoms with E-state index in [1.807, 2.05) is 6.92 Å². The van der Waals surface area contributed by atoms with Crippen LogP contribution >= 0.6 is 0 Å². The molecule has 0 radical (unpaired) electrons. The van der Waals surface area contributed by atoms with Crippen LogP contribution in [0.15, 0.2) is 6.07 Å². The molecular weight excluding hydrogens is 270 g/mol. The highest BCUT2D eigenvalue weighted by atomic mass is 16.3. The molecular formula is C14H21N5O2. The van der Waals surface area contributed by atoms with E-state index < -0.39 is 0 Å². The van der Waals surface area contributed by atoms with E-state index in [9.17, 15) is 9.90 Å². The summed E-state index contributed by atoms with van der Waals surface area (Å²) in [6, 6.07) is 3.51. The third-order valence-electron chi connectivity index (χ3n) is 3.80. The summed E-state index contributed by atoms with van der Waals surface area (Å²) in [5, 5.41) is 27.9. The van der Waals surface area contributed by atoms with Crippen LogP contribution in [-0.4, -0.2) is 33.6 Å². The second kappa shape index (κ2) is 7.09. The molecule has 0 unspecified atom stereocenters. The van der Waals surface area contributed by atoms with Gasteiger partial charge in [0.25, 0.3) is 0 Å². The lowest BCUT2D eigenvalue weighted by molar-refractivity contribution is 0.133. The molecule has 1 fully saturated rings. The standard InChI is InChI=1S/C14H21N5O2/c1-10-8-13(18-19(10)7-3-6-15)17-14(21)16-9-11-4-2-5-12(11)20/h8,11-12,20H,2-5,7,9H2,1H3,(H2,16,17,18,21)/t11-,12-/m1/s1. The first-order valence-electron chi connectivity index (χ1n) is 7.24. The molecule has 21 heavy (non-hydrogen) atoms. The zero-order valence-corrected chi connectivity index (χ0v) is 12.2. The highest BCUT2D eigenvalue weighted by Gasteiger charge is 2.25. The number of carbonyl (C=O) groups is 1. The van der Waals surface area contributed by atoms with Crippen molar-refractivity contribution in [2.45, 2.75) is 45.3 Å². The summed E-state index contributed by atoms with van der Waals surface area (Å²) in [6.07, 6.45) is 2.85. The van der Waals surface area contributed by atoms with E-state index in [4.69, 9.17) is 5.26 Å². The summed E-state index contributed by atoms with van der Waals surface area (Å²) in [7, 11) is 0. The van der Waals surface area contributed by atoms with Crippen LogP contribution in [0, 0.1) is 24.2 Å². The van der Waals surface area contributed by atoms with Gasteiger partial charge in [0.1, 0.15) is 0 Å². The number of aliphatic hydroxyl groups is 1. The molecule has 1 aromatic rings. The number of hydrogen-bond donors (Lipinski definition) is 3. The van der Waals surface area contributed by atoms with Gasteiger partial charge in [-0.2, -0.15) is 10.4 Å². The minimum atomic E-state index is -0.320. The molecule has 114 valence electrons. The van der Waals surface area contributed by atoms with Gasteiger partial charge in [-0.15, -0.1) is 0 Å². The normalized spacial score (nSPS) is 21.0. The fourth-order valence-electron chi connectivity index (χ4n) is 2.59. The van der Waals surface area contributed by atoms with Crippen molar-refractivity contribution in [1.29, 1.82) is 5.26 Å². The minimum absolute atomic E-state index is 0.144. The first-order chi connectivity index (χ1) is 10.1. The molecule has 7 nitrogen and oxygen atoms in total. The number of aromatic nitrogens is 2. The van der Waals surface area contributed by atoms with Gasteiger partial charge in [-0.1, -0.05) is 6.42 Å². The average molecular weight is 291 g/mol. The summed E-state index contributed by atoms with van der Waals surface area (Å²) < 4.78 is 1.69. The lowest BCUT2D eigenvalue weighted by Gasteiger charge is -2.14. The van der Waals surface area contributed by atoms with Crippen LogP contribution in [0.2, 0.25) is 0 Å². The quantitative estimate of drug-likeness (QED) is 0.762. The summed E-state index contributed by atoms with van der Waals surface area (Å²) in [4.78, 5) is 11.8. The molecule has 0 aliphatic heterocycles. The van der Waals surface area contributed by atoms with Crippen LogP contribution < -0.4 is 10.6 Å². The Morgan fingerprint density at radius 2 is 2.43 bits per heavy atom. The number of hydrogen-bond acceptors (Lipinski definition) is 4. The van der Waals surface area contributed by atoms with Gasteiger partial charge in [-0.05, 0) is 19.8 Å². The Morgan fingerprint density at radius 3 is 3.10 bits per heavy atom. The molecule has 0 spiro atoms. The van der Waals surface area contributed by atoms with Gasteiger partial charge in [0.15, 0.2) is 5.82 Å². The minimum Gasteiger partial charge on any atom is -0.393 e. The Kier molecular flexibility index (Phi) is 5.17. The van der Waals surface area contributed by atoms with Crippen LogP contribution in [0.1, 0.15) is 31.4 Å². The number of aliphatic hydroxyl groups excluding tert-OH is 1. The van der Waals surface area contributed by atoms with Crippen molar-refractivity contribution >= 4 is 11.8 Å². The second-order valence-electron chi connectivity index (χ2n) is 5.40. The predicted molar refractivity (Wildman–Crippen MR) is 77.6 cm³/mol. The van der Waals surface area contributed by atoms with E-state index >= 15 is 0 Å². The van der Waals surface area contributed by atoms with Crippen molar-refractivity contribution in [2.75, 3.05) is 11.9 Å². The second-order valence-corrected chi connectivity index (χ2v) is 5.40. The molecule has 2 atom stereocenters. The monoisotopic (exact) mass is 291 g/mol. The Bertz CT molecular complexity index is 534. The van der Waals surface area contributed by atoms with Crippen LogP contribution in [0.3, 0.4) is 0 Å². The van der Waals surface area contributed by atoms with E-state index in [2.05, 4.69) is 21.8 Å². The van der Waals surface area contributed by atoms with E-state index in [-0.39, 0.29) is 18.1 Å². The van der Waals surface area contributed by atoms with E-state index in [0.29, 0.717) is 25.3 Å². The number of nitrogens with one attached hydrogen (secondary N) is 2. The molecule has 2 amide bonds. The van der Waals surface area contributed by atoms with Gasteiger partial charge in [-0.25, -0.2) is 4.79 Å². The van der Waals surface area contributed by atoms with Crippen molar-refractivity contribution in [3.8, 4) is 6.07 Å². The van der Waals surface area contributed by atoms with Gasteiger partial charge < -0.3 is 10.4 Å². The molecule has 7 heteroatoms. The van der Waals surface area contributed by atoms with Crippen molar-refractivity contribution in [3.63, 3.8) is 0 Å². The van der Waals surface area contributed by atoms with E-state index in [1.54, 1.807) is 10.7 Å². The zero-order chi connectivity index (χ0) is 15.2. The molecule has 1 heterocycles. The maximum atomic E-state index is 11.8. The SMILES string of the molecule is Cc1cc(NC(=O)NC[C@H]2CCC[C@H]2O)nn1CCC#N. The van der Waals surface area contributed by atoms with Crippen molar-refractivity contribution < 1.29 is 9.90 Å². The summed E-state index contributed by atoms with van der Waals surface area (Å²) in [5.74, 6) is 0.612.